The Morgan fingerprint density at radius 3 is 2.25 bits per heavy atom. The van der Waals surface area contributed by atoms with Crippen molar-refractivity contribution in [3.63, 3.8) is 0 Å². The average molecular weight is 456 g/mol. The summed E-state index contributed by atoms with van der Waals surface area (Å²) in [5.74, 6) is -0.873. The molecule has 0 bridgehead atoms. The van der Waals surface area contributed by atoms with Crippen molar-refractivity contribution in [3.05, 3.63) is 107 Å². The largest absolute Gasteiger partial charge is 0.497 e. The molecule has 1 unspecified atom stereocenters. The molecular weight excluding hydrogens is 435 g/mol. The molecule has 0 spiro atoms. The van der Waals surface area contributed by atoms with Crippen molar-refractivity contribution >= 4 is 11.8 Å². The number of nitrogens with two attached hydrogens (primary N) is 1. The maximum atomic E-state index is 14.1. The average Bonchev–Trinajstić information content (AvgIpc) is 3.22. The number of rotatable bonds is 7. The van der Waals surface area contributed by atoms with Gasteiger partial charge in [-0.25, -0.2) is 18.2 Å². The molecule has 32 heavy (non-hydrogen) atoms. The molecular formula is C24H20F3N3OS. The van der Waals surface area contributed by atoms with Crippen LogP contribution in [-0.2, 0) is 5.75 Å². The maximum Gasteiger partial charge on any atom is 0.173 e. The van der Waals surface area contributed by atoms with Crippen LogP contribution in [0.25, 0.3) is 5.69 Å². The Labute approximate surface area is 187 Å². The van der Waals surface area contributed by atoms with E-state index in [0.717, 1.165) is 5.56 Å². The number of thioether (sulfide) groups is 1. The van der Waals surface area contributed by atoms with E-state index in [9.17, 15) is 13.2 Å². The third-order valence-electron chi connectivity index (χ3n) is 5.04. The van der Waals surface area contributed by atoms with Crippen LogP contribution >= 0.6 is 11.8 Å². The lowest BCUT2D eigenvalue weighted by atomic mass is 10.0. The zero-order valence-corrected chi connectivity index (χ0v) is 18.0. The van der Waals surface area contributed by atoms with Gasteiger partial charge in [0.25, 0.3) is 0 Å². The molecule has 8 heteroatoms. The molecule has 0 saturated heterocycles. The molecule has 0 saturated carbocycles. The van der Waals surface area contributed by atoms with Crippen molar-refractivity contribution in [1.29, 1.82) is 0 Å². The second kappa shape index (κ2) is 9.50. The van der Waals surface area contributed by atoms with Crippen molar-refractivity contribution in [2.45, 2.75) is 17.0 Å². The van der Waals surface area contributed by atoms with Gasteiger partial charge in [-0.3, -0.25) is 4.57 Å². The first kappa shape index (κ1) is 22.0. The van der Waals surface area contributed by atoms with E-state index in [2.05, 4.69) is 4.98 Å². The lowest BCUT2D eigenvalue weighted by Gasteiger charge is -2.17. The molecule has 0 radical (unpaired) electrons. The standard InChI is InChI=1S/C24H20F3N3OS/c1-31-18-11-5-15(6-12-18)23(28)22-13-29-24(30(22)17-9-7-16(25)8-10-17)32-14-19-20(26)3-2-4-21(19)27/h2-13,23H,14,28H2,1H3. The fraction of sp³-hybridized carbons (Fsp3) is 0.125. The molecule has 0 aliphatic rings. The van der Waals surface area contributed by atoms with Gasteiger partial charge in [0, 0.05) is 17.0 Å². The molecule has 1 aromatic heterocycles. The van der Waals surface area contributed by atoms with Gasteiger partial charge in [-0.15, -0.1) is 0 Å². The first-order valence-corrected chi connectivity index (χ1v) is 10.8. The number of halogens is 3. The summed E-state index contributed by atoms with van der Waals surface area (Å²) in [6, 6.07) is 16.4. The minimum Gasteiger partial charge on any atom is -0.497 e. The van der Waals surface area contributed by atoms with Crippen LogP contribution in [0.2, 0.25) is 0 Å². The lowest BCUT2D eigenvalue weighted by molar-refractivity contribution is 0.414. The molecule has 164 valence electrons. The van der Waals surface area contributed by atoms with Crippen molar-refractivity contribution in [2.75, 3.05) is 7.11 Å². The number of nitrogens with zero attached hydrogens (tertiary/aromatic N) is 2. The lowest BCUT2D eigenvalue weighted by Crippen LogP contribution is -2.16. The van der Waals surface area contributed by atoms with E-state index < -0.39 is 17.7 Å². The van der Waals surface area contributed by atoms with Crippen LogP contribution in [0, 0.1) is 17.5 Å². The highest BCUT2D eigenvalue weighted by Crippen LogP contribution is 2.32. The van der Waals surface area contributed by atoms with E-state index in [-0.39, 0.29) is 17.1 Å². The molecule has 1 heterocycles. The molecule has 0 fully saturated rings. The molecule has 0 amide bonds. The maximum absolute atomic E-state index is 14.1. The van der Waals surface area contributed by atoms with E-state index in [1.165, 1.54) is 42.1 Å². The summed E-state index contributed by atoms with van der Waals surface area (Å²) in [4.78, 5) is 4.45. The quantitative estimate of drug-likeness (QED) is 0.367. The predicted molar refractivity (Wildman–Crippen MR) is 118 cm³/mol. The number of benzene rings is 3. The number of aromatic nitrogens is 2. The van der Waals surface area contributed by atoms with Gasteiger partial charge >= 0.3 is 0 Å². The van der Waals surface area contributed by atoms with Crippen LogP contribution in [0.15, 0.2) is 78.1 Å². The fourth-order valence-corrected chi connectivity index (χ4v) is 4.32. The summed E-state index contributed by atoms with van der Waals surface area (Å²) >= 11 is 1.17. The van der Waals surface area contributed by atoms with Gasteiger partial charge in [-0.05, 0) is 54.1 Å². The van der Waals surface area contributed by atoms with E-state index in [1.54, 1.807) is 30.0 Å². The summed E-state index contributed by atoms with van der Waals surface area (Å²) in [7, 11) is 1.58. The van der Waals surface area contributed by atoms with E-state index in [0.29, 0.717) is 22.3 Å². The van der Waals surface area contributed by atoms with Gasteiger partial charge in [-0.1, -0.05) is 30.0 Å². The first-order chi connectivity index (χ1) is 15.5. The van der Waals surface area contributed by atoms with E-state index in [4.69, 9.17) is 10.5 Å². The van der Waals surface area contributed by atoms with Crippen LogP contribution in [0.4, 0.5) is 13.2 Å². The summed E-state index contributed by atoms with van der Waals surface area (Å²) < 4.78 is 48.7. The second-order valence-corrected chi connectivity index (χ2v) is 7.96. The zero-order valence-electron chi connectivity index (χ0n) is 17.1. The Morgan fingerprint density at radius 2 is 1.62 bits per heavy atom. The number of imidazole rings is 1. The fourth-order valence-electron chi connectivity index (χ4n) is 3.31. The Hall–Kier alpha value is -3.23. The third-order valence-corrected chi connectivity index (χ3v) is 6.02. The highest BCUT2D eigenvalue weighted by molar-refractivity contribution is 7.98. The SMILES string of the molecule is COc1ccc(C(N)c2cnc(SCc3c(F)cccc3F)n2-c2ccc(F)cc2)cc1. The molecule has 4 aromatic rings. The van der Waals surface area contributed by atoms with Crippen LogP contribution in [0.3, 0.4) is 0 Å². The Balaban J connectivity index is 1.72. The molecule has 0 aliphatic carbocycles. The smallest absolute Gasteiger partial charge is 0.173 e. The molecule has 4 nitrogen and oxygen atoms in total. The third kappa shape index (κ3) is 4.51. The van der Waals surface area contributed by atoms with Crippen molar-refractivity contribution in [3.8, 4) is 11.4 Å². The van der Waals surface area contributed by atoms with Crippen LogP contribution in [-0.4, -0.2) is 16.7 Å². The summed E-state index contributed by atoms with van der Waals surface area (Å²) in [6.45, 7) is 0. The topological polar surface area (TPSA) is 53.1 Å². The van der Waals surface area contributed by atoms with Crippen molar-refractivity contribution < 1.29 is 17.9 Å². The van der Waals surface area contributed by atoms with Crippen LogP contribution in [0.1, 0.15) is 22.9 Å². The highest BCUT2D eigenvalue weighted by atomic mass is 32.2. The van der Waals surface area contributed by atoms with E-state index in [1.807, 2.05) is 24.3 Å². The number of methoxy groups -OCH3 is 1. The van der Waals surface area contributed by atoms with Gasteiger partial charge in [0.05, 0.1) is 25.0 Å². The molecule has 4 rings (SSSR count). The minimum atomic E-state index is -0.618. The van der Waals surface area contributed by atoms with Crippen molar-refractivity contribution in [1.82, 2.24) is 9.55 Å². The monoisotopic (exact) mass is 455 g/mol. The zero-order chi connectivity index (χ0) is 22.7. The van der Waals surface area contributed by atoms with Gasteiger partial charge < -0.3 is 10.5 Å². The number of hydrogen-bond acceptors (Lipinski definition) is 4. The summed E-state index contributed by atoms with van der Waals surface area (Å²) in [5, 5.41) is 0.484. The number of ether oxygens (including phenoxy) is 1. The van der Waals surface area contributed by atoms with Gasteiger partial charge in [0.2, 0.25) is 0 Å². The predicted octanol–water partition coefficient (Wildman–Crippen LogP) is 5.64. The van der Waals surface area contributed by atoms with Crippen molar-refractivity contribution in [2.24, 2.45) is 5.73 Å². The normalized spacial score (nSPS) is 12.0. The number of hydrogen-bond donors (Lipinski definition) is 1. The van der Waals surface area contributed by atoms with Gasteiger partial charge in [-0.2, -0.15) is 0 Å². The van der Waals surface area contributed by atoms with Gasteiger partial charge in [0.1, 0.15) is 23.2 Å². The van der Waals surface area contributed by atoms with Crippen LogP contribution in [0.5, 0.6) is 5.75 Å². The Morgan fingerprint density at radius 1 is 0.969 bits per heavy atom. The highest BCUT2D eigenvalue weighted by Gasteiger charge is 2.20. The Kier molecular flexibility index (Phi) is 6.53. The van der Waals surface area contributed by atoms with Crippen LogP contribution < -0.4 is 10.5 Å². The molecule has 2 N–H and O–H groups in total. The minimum absolute atomic E-state index is 0.0350. The Bertz CT molecular complexity index is 1190. The first-order valence-electron chi connectivity index (χ1n) is 9.76. The molecule has 3 aromatic carbocycles. The van der Waals surface area contributed by atoms with Gasteiger partial charge in [0.15, 0.2) is 5.16 Å². The molecule has 1 atom stereocenters. The summed E-state index contributed by atoms with van der Waals surface area (Å²) in [6.07, 6.45) is 1.62. The second-order valence-electron chi connectivity index (χ2n) is 7.02. The van der Waals surface area contributed by atoms with E-state index >= 15 is 0 Å². The summed E-state index contributed by atoms with van der Waals surface area (Å²) in [5.41, 5.74) is 8.62. The molecule has 0 aliphatic heterocycles.